The standard InChI is InChI=1S/C14H18BrNS2/c1-3-6-16-13(14-5-4-10(2)18-14)8-12-7-11(15)9-17-12/h4-5,7,9,13,16H,3,6,8H2,1-2H3. The lowest BCUT2D eigenvalue weighted by Gasteiger charge is -2.16. The molecule has 1 nitrogen and oxygen atoms in total. The Balaban J connectivity index is 2.09. The molecule has 2 rings (SSSR count). The van der Waals surface area contributed by atoms with Crippen molar-refractivity contribution >= 4 is 38.6 Å². The van der Waals surface area contributed by atoms with Gasteiger partial charge in [0.15, 0.2) is 0 Å². The maximum Gasteiger partial charge on any atom is 0.0463 e. The summed E-state index contributed by atoms with van der Waals surface area (Å²) >= 11 is 7.26. The molecule has 0 saturated carbocycles. The van der Waals surface area contributed by atoms with E-state index in [2.05, 4.69) is 58.7 Å². The summed E-state index contributed by atoms with van der Waals surface area (Å²) in [6.07, 6.45) is 2.26. The molecular weight excluding hydrogens is 326 g/mol. The lowest BCUT2D eigenvalue weighted by molar-refractivity contribution is 0.539. The number of thiophene rings is 2. The van der Waals surface area contributed by atoms with E-state index in [1.54, 1.807) is 0 Å². The summed E-state index contributed by atoms with van der Waals surface area (Å²) in [6, 6.07) is 7.15. The highest BCUT2D eigenvalue weighted by Gasteiger charge is 2.14. The van der Waals surface area contributed by atoms with E-state index in [0.29, 0.717) is 6.04 Å². The van der Waals surface area contributed by atoms with Crippen LogP contribution in [0.25, 0.3) is 0 Å². The fraction of sp³-hybridized carbons (Fsp3) is 0.429. The molecule has 2 aromatic heterocycles. The molecule has 0 bridgehead atoms. The van der Waals surface area contributed by atoms with Crippen LogP contribution in [0.4, 0.5) is 0 Å². The Morgan fingerprint density at radius 2 is 2.22 bits per heavy atom. The first kappa shape index (κ1) is 14.3. The van der Waals surface area contributed by atoms with Crippen LogP contribution in [-0.4, -0.2) is 6.54 Å². The number of hydrogen-bond acceptors (Lipinski definition) is 3. The lowest BCUT2D eigenvalue weighted by Crippen LogP contribution is -2.22. The van der Waals surface area contributed by atoms with Gasteiger partial charge in [-0.05, 0) is 54.0 Å². The fourth-order valence-corrected chi connectivity index (χ4v) is 4.35. The molecule has 0 aliphatic rings. The van der Waals surface area contributed by atoms with E-state index in [0.717, 1.165) is 13.0 Å². The van der Waals surface area contributed by atoms with Gasteiger partial charge in [0, 0.05) is 36.9 Å². The number of halogens is 1. The van der Waals surface area contributed by atoms with Gasteiger partial charge in [-0.1, -0.05) is 6.92 Å². The number of aryl methyl sites for hydroxylation is 1. The second-order valence-corrected chi connectivity index (χ2v) is 7.62. The minimum absolute atomic E-state index is 0.453. The first-order valence-electron chi connectivity index (χ1n) is 6.21. The van der Waals surface area contributed by atoms with Crippen molar-refractivity contribution in [3.8, 4) is 0 Å². The minimum Gasteiger partial charge on any atom is -0.309 e. The molecule has 1 N–H and O–H groups in total. The van der Waals surface area contributed by atoms with Crippen molar-refractivity contribution in [2.24, 2.45) is 0 Å². The first-order chi connectivity index (χ1) is 8.69. The molecule has 0 aromatic carbocycles. The molecule has 0 saturated heterocycles. The maximum absolute atomic E-state index is 3.66. The molecule has 98 valence electrons. The second-order valence-electron chi connectivity index (χ2n) is 4.39. The van der Waals surface area contributed by atoms with Crippen molar-refractivity contribution < 1.29 is 0 Å². The zero-order chi connectivity index (χ0) is 13.0. The molecule has 0 fully saturated rings. The van der Waals surface area contributed by atoms with Gasteiger partial charge in [-0.25, -0.2) is 0 Å². The summed E-state index contributed by atoms with van der Waals surface area (Å²) < 4.78 is 1.19. The number of rotatable bonds is 6. The fourth-order valence-electron chi connectivity index (χ4n) is 1.89. The molecule has 2 heterocycles. The number of nitrogens with one attached hydrogen (secondary N) is 1. The molecule has 0 amide bonds. The van der Waals surface area contributed by atoms with Gasteiger partial charge in [0.25, 0.3) is 0 Å². The molecule has 0 spiro atoms. The average molecular weight is 344 g/mol. The van der Waals surface area contributed by atoms with E-state index < -0.39 is 0 Å². The first-order valence-corrected chi connectivity index (χ1v) is 8.70. The Labute approximate surface area is 125 Å². The zero-order valence-corrected chi connectivity index (χ0v) is 13.9. The topological polar surface area (TPSA) is 12.0 Å². The van der Waals surface area contributed by atoms with Crippen molar-refractivity contribution in [3.63, 3.8) is 0 Å². The third-order valence-corrected chi connectivity index (χ3v) is 5.61. The highest BCUT2D eigenvalue weighted by molar-refractivity contribution is 9.10. The van der Waals surface area contributed by atoms with E-state index in [4.69, 9.17) is 0 Å². The molecule has 0 radical (unpaired) electrons. The molecular formula is C14H18BrNS2. The van der Waals surface area contributed by atoms with Crippen LogP contribution in [-0.2, 0) is 6.42 Å². The van der Waals surface area contributed by atoms with Crippen molar-refractivity contribution in [2.45, 2.75) is 32.7 Å². The predicted molar refractivity (Wildman–Crippen MR) is 85.8 cm³/mol. The van der Waals surface area contributed by atoms with Crippen LogP contribution in [0.1, 0.15) is 34.0 Å². The van der Waals surface area contributed by atoms with Crippen molar-refractivity contribution in [2.75, 3.05) is 6.54 Å². The minimum atomic E-state index is 0.453. The van der Waals surface area contributed by atoms with Crippen LogP contribution in [0.15, 0.2) is 28.1 Å². The molecule has 1 atom stereocenters. The monoisotopic (exact) mass is 343 g/mol. The predicted octanol–water partition coefficient (Wildman–Crippen LogP) is 5.16. The molecule has 4 heteroatoms. The summed E-state index contributed by atoms with van der Waals surface area (Å²) in [7, 11) is 0. The highest BCUT2D eigenvalue weighted by Crippen LogP contribution is 2.29. The summed E-state index contributed by atoms with van der Waals surface area (Å²) in [6.45, 7) is 5.46. The Morgan fingerprint density at radius 3 is 2.78 bits per heavy atom. The molecule has 1 unspecified atom stereocenters. The summed E-state index contributed by atoms with van der Waals surface area (Å²) in [5.41, 5.74) is 0. The smallest absolute Gasteiger partial charge is 0.0463 e. The summed E-state index contributed by atoms with van der Waals surface area (Å²) in [4.78, 5) is 4.27. The maximum atomic E-state index is 3.66. The van der Waals surface area contributed by atoms with E-state index in [9.17, 15) is 0 Å². The summed E-state index contributed by atoms with van der Waals surface area (Å²) in [5, 5.41) is 5.82. The normalized spacial score (nSPS) is 12.8. The molecule has 0 aliphatic carbocycles. The van der Waals surface area contributed by atoms with E-state index >= 15 is 0 Å². The lowest BCUT2D eigenvalue weighted by atomic mass is 10.1. The Morgan fingerprint density at radius 1 is 1.39 bits per heavy atom. The summed E-state index contributed by atoms with van der Waals surface area (Å²) in [5.74, 6) is 0. The largest absolute Gasteiger partial charge is 0.309 e. The third-order valence-electron chi connectivity index (χ3n) is 2.77. The van der Waals surface area contributed by atoms with Crippen LogP contribution in [0.3, 0.4) is 0 Å². The van der Waals surface area contributed by atoms with E-state index in [1.807, 2.05) is 22.7 Å². The second kappa shape index (κ2) is 6.85. The van der Waals surface area contributed by atoms with Gasteiger partial charge in [0.05, 0.1) is 0 Å². The zero-order valence-electron chi connectivity index (χ0n) is 10.7. The van der Waals surface area contributed by atoms with E-state index in [1.165, 1.54) is 25.5 Å². The van der Waals surface area contributed by atoms with Gasteiger partial charge >= 0.3 is 0 Å². The Bertz CT molecular complexity index is 489. The van der Waals surface area contributed by atoms with Crippen LogP contribution in [0.2, 0.25) is 0 Å². The average Bonchev–Trinajstić information content (AvgIpc) is 2.93. The Kier molecular flexibility index (Phi) is 5.42. The van der Waals surface area contributed by atoms with Crippen LogP contribution in [0, 0.1) is 6.92 Å². The molecule has 18 heavy (non-hydrogen) atoms. The van der Waals surface area contributed by atoms with Gasteiger partial charge in [0.1, 0.15) is 0 Å². The van der Waals surface area contributed by atoms with Crippen molar-refractivity contribution in [1.29, 1.82) is 0 Å². The Hall–Kier alpha value is -0.160. The van der Waals surface area contributed by atoms with Crippen LogP contribution in [0.5, 0.6) is 0 Å². The number of hydrogen-bond donors (Lipinski definition) is 1. The van der Waals surface area contributed by atoms with E-state index in [-0.39, 0.29) is 0 Å². The van der Waals surface area contributed by atoms with Gasteiger partial charge in [0.2, 0.25) is 0 Å². The van der Waals surface area contributed by atoms with Crippen LogP contribution >= 0.6 is 38.6 Å². The van der Waals surface area contributed by atoms with Crippen molar-refractivity contribution in [1.82, 2.24) is 5.32 Å². The third kappa shape index (κ3) is 3.92. The SMILES string of the molecule is CCCNC(Cc1cc(Br)cs1)c1ccc(C)s1. The quantitative estimate of drug-likeness (QED) is 0.763. The van der Waals surface area contributed by atoms with Crippen molar-refractivity contribution in [3.05, 3.63) is 42.7 Å². The van der Waals surface area contributed by atoms with Gasteiger partial charge < -0.3 is 5.32 Å². The van der Waals surface area contributed by atoms with Gasteiger partial charge in [-0.3, -0.25) is 0 Å². The van der Waals surface area contributed by atoms with Gasteiger partial charge in [-0.2, -0.15) is 0 Å². The van der Waals surface area contributed by atoms with Gasteiger partial charge in [-0.15, -0.1) is 22.7 Å². The molecule has 0 aliphatic heterocycles. The van der Waals surface area contributed by atoms with Crippen LogP contribution < -0.4 is 5.32 Å². The molecule has 2 aromatic rings. The highest BCUT2D eigenvalue weighted by atomic mass is 79.9.